The van der Waals surface area contributed by atoms with Crippen LogP contribution in [0.4, 0.5) is 0 Å². The first-order valence-corrected chi connectivity index (χ1v) is 4.90. The lowest BCUT2D eigenvalue weighted by molar-refractivity contribution is 0.0246. The molecule has 12 heavy (non-hydrogen) atoms. The molecule has 0 amide bonds. The van der Waals surface area contributed by atoms with Gasteiger partial charge in [-0.25, -0.2) is 0 Å². The first-order chi connectivity index (χ1) is 5.54. The fourth-order valence-corrected chi connectivity index (χ4v) is 1.23. The van der Waals surface area contributed by atoms with E-state index in [2.05, 4.69) is 19.9 Å². The van der Waals surface area contributed by atoms with Crippen LogP contribution in [0.3, 0.4) is 0 Å². The van der Waals surface area contributed by atoms with Gasteiger partial charge in [-0.15, -0.1) is 0 Å². The highest BCUT2D eigenvalue weighted by molar-refractivity contribution is 4.94. The van der Waals surface area contributed by atoms with Crippen LogP contribution < -0.4 is 0 Å². The van der Waals surface area contributed by atoms with Gasteiger partial charge in [-0.1, -0.05) is 25.5 Å². The van der Waals surface area contributed by atoms with E-state index in [1.165, 1.54) is 5.57 Å². The quantitative estimate of drug-likeness (QED) is 0.628. The molecule has 0 heterocycles. The number of aliphatic hydroxyl groups is 1. The summed E-state index contributed by atoms with van der Waals surface area (Å²) in [6.45, 7) is 8.28. The summed E-state index contributed by atoms with van der Waals surface area (Å²) < 4.78 is 0. The minimum absolute atomic E-state index is 0.425. The highest BCUT2D eigenvalue weighted by atomic mass is 16.3. The average molecular weight is 170 g/mol. The van der Waals surface area contributed by atoms with Crippen molar-refractivity contribution in [3.63, 3.8) is 0 Å². The van der Waals surface area contributed by atoms with E-state index in [9.17, 15) is 5.11 Å². The number of rotatable bonds is 5. The van der Waals surface area contributed by atoms with Crippen LogP contribution in [0, 0.1) is 0 Å². The lowest BCUT2D eigenvalue weighted by Gasteiger charge is -2.24. The smallest absolute Gasteiger partial charge is 0.0645 e. The molecular weight excluding hydrogens is 148 g/mol. The monoisotopic (exact) mass is 170 g/mol. The summed E-state index contributed by atoms with van der Waals surface area (Å²) in [5.41, 5.74) is 0.913. The Hall–Kier alpha value is -0.300. The Bertz CT molecular complexity index is 139. The molecule has 1 heteroatoms. The van der Waals surface area contributed by atoms with Crippen molar-refractivity contribution in [2.45, 2.75) is 59.0 Å². The van der Waals surface area contributed by atoms with Crippen molar-refractivity contribution < 1.29 is 5.11 Å². The van der Waals surface area contributed by atoms with Gasteiger partial charge in [-0.2, -0.15) is 0 Å². The zero-order valence-electron chi connectivity index (χ0n) is 8.85. The Morgan fingerprint density at radius 3 is 2.08 bits per heavy atom. The fourth-order valence-electron chi connectivity index (χ4n) is 1.23. The summed E-state index contributed by atoms with van der Waals surface area (Å²) >= 11 is 0. The van der Waals surface area contributed by atoms with Crippen LogP contribution in [-0.4, -0.2) is 10.7 Å². The van der Waals surface area contributed by atoms with E-state index in [4.69, 9.17) is 0 Å². The van der Waals surface area contributed by atoms with Gasteiger partial charge >= 0.3 is 0 Å². The van der Waals surface area contributed by atoms with E-state index in [0.29, 0.717) is 0 Å². The number of allylic oxidation sites excluding steroid dienone is 2. The first-order valence-electron chi connectivity index (χ1n) is 4.90. The van der Waals surface area contributed by atoms with Crippen LogP contribution in [0.2, 0.25) is 0 Å². The van der Waals surface area contributed by atoms with Crippen molar-refractivity contribution in [3.05, 3.63) is 11.6 Å². The first kappa shape index (κ1) is 11.7. The fraction of sp³-hybridized carbons (Fsp3) is 0.818. The van der Waals surface area contributed by atoms with Crippen molar-refractivity contribution >= 4 is 0 Å². The van der Waals surface area contributed by atoms with Crippen molar-refractivity contribution in [1.29, 1.82) is 0 Å². The van der Waals surface area contributed by atoms with Gasteiger partial charge in [0.25, 0.3) is 0 Å². The molecule has 0 aliphatic carbocycles. The molecule has 0 spiro atoms. The standard InChI is InChI=1S/C11H22O/c1-5-11(12,6-2)9-7-8-10(3)4/h8,12H,5-7,9H2,1-4H3. The van der Waals surface area contributed by atoms with Gasteiger partial charge in [-0.3, -0.25) is 0 Å². The molecule has 1 nitrogen and oxygen atoms in total. The van der Waals surface area contributed by atoms with E-state index < -0.39 is 5.60 Å². The predicted octanol–water partition coefficient (Wildman–Crippen LogP) is 3.28. The minimum Gasteiger partial charge on any atom is -0.390 e. The maximum atomic E-state index is 9.91. The summed E-state index contributed by atoms with van der Waals surface area (Å²) in [6.07, 6.45) is 5.81. The molecule has 0 saturated heterocycles. The molecule has 1 N–H and O–H groups in total. The molecule has 0 aliphatic rings. The molecule has 0 fully saturated rings. The van der Waals surface area contributed by atoms with Crippen molar-refractivity contribution in [2.24, 2.45) is 0 Å². The Labute approximate surface area is 76.5 Å². The maximum Gasteiger partial charge on any atom is 0.0645 e. The van der Waals surface area contributed by atoms with Crippen molar-refractivity contribution in [3.8, 4) is 0 Å². The van der Waals surface area contributed by atoms with Gasteiger partial charge < -0.3 is 5.11 Å². The molecular formula is C11H22O. The van der Waals surface area contributed by atoms with Crippen LogP contribution >= 0.6 is 0 Å². The Kier molecular flexibility index (Phi) is 5.23. The summed E-state index contributed by atoms with van der Waals surface area (Å²) in [7, 11) is 0. The molecule has 72 valence electrons. The highest BCUT2D eigenvalue weighted by Crippen LogP contribution is 2.21. The molecule has 0 radical (unpaired) electrons. The largest absolute Gasteiger partial charge is 0.390 e. The third-order valence-corrected chi connectivity index (χ3v) is 2.48. The van der Waals surface area contributed by atoms with Gasteiger partial charge in [0.15, 0.2) is 0 Å². The molecule has 0 aromatic heterocycles. The molecule has 0 aliphatic heterocycles. The van der Waals surface area contributed by atoms with Crippen LogP contribution in [0.5, 0.6) is 0 Å². The second-order valence-corrected chi connectivity index (χ2v) is 3.75. The van der Waals surface area contributed by atoms with Gasteiger partial charge in [0.2, 0.25) is 0 Å². The SMILES string of the molecule is CCC(O)(CC)CCC=C(C)C. The molecule has 0 saturated carbocycles. The Morgan fingerprint density at radius 2 is 1.75 bits per heavy atom. The van der Waals surface area contributed by atoms with Crippen molar-refractivity contribution in [1.82, 2.24) is 0 Å². The molecule has 0 atom stereocenters. The summed E-state index contributed by atoms with van der Waals surface area (Å²) in [5.74, 6) is 0. The van der Waals surface area contributed by atoms with E-state index in [-0.39, 0.29) is 0 Å². The predicted molar refractivity (Wildman–Crippen MR) is 54.2 cm³/mol. The van der Waals surface area contributed by atoms with E-state index in [1.54, 1.807) is 0 Å². The lowest BCUT2D eigenvalue weighted by Crippen LogP contribution is -2.25. The second-order valence-electron chi connectivity index (χ2n) is 3.75. The summed E-state index contributed by atoms with van der Waals surface area (Å²) in [4.78, 5) is 0. The number of hydrogen-bond acceptors (Lipinski definition) is 1. The Morgan fingerprint density at radius 1 is 1.25 bits per heavy atom. The van der Waals surface area contributed by atoms with Crippen LogP contribution in [-0.2, 0) is 0 Å². The van der Waals surface area contributed by atoms with Crippen LogP contribution in [0.25, 0.3) is 0 Å². The number of hydrogen-bond donors (Lipinski definition) is 1. The second kappa shape index (κ2) is 5.36. The zero-order valence-corrected chi connectivity index (χ0v) is 8.85. The normalized spacial score (nSPS) is 11.4. The van der Waals surface area contributed by atoms with Crippen LogP contribution in [0.15, 0.2) is 11.6 Å². The minimum atomic E-state index is -0.425. The lowest BCUT2D eigenvalue weighted by atomic mass is 9.91. The third-order valence-electron chi connectivity index (χ3n) is 2.48. The van der Waals surface area contributed by atoms with Gasteiger partial charge in [0.1, 0.15) is 0 Å². The third kappa shape index (κ3) is 4.55. The molecule has 0 rings (SSSR count). The average Bonchev–Trinajstić information content (AvgIpc) is 2.03. The van der Waals surface area contributed by atoms with Gasteiger partial charge in [-0.05, 0) is 39.5 Å². The van der Waals surface area contributed by atoms with E-state index in [0.717, 1.165) is 25.7 Å². The summed E-state index contributed by atoms with van der Waals surface area (Å²) in [6, 6.07) is 0. The Balaban J connectivity index is 3.81. The topological polar surface area (TPSA) is 20.2 Å². The molecule has 0 bridgehead atoms. The van der Waals surface area contributed by atoms with Gasteiger partial charge in [0, 0.05) is 0 Å². The highest BCUT2D eigenvalue weighted by Gasteiger charge is 2.20. The van der Waals surface area contributed by atoms with Crippen molar-refractivity contribution in [2.75, 3.05) is 0 Å². The summed E-state index contributed by atoms with van der Waals surface area (Å²) in [5, 5.41) is 9.91. The van der Waals surface area contributed by atoms with E-state index >= 15 is 0 Å². The zero-order chi connectivity index (χ0) is 9.61. The molecule has 0 aromatic carbocycles. The molecule has 0 aromatic rings. The molecule has 0 unspecified atom stereocenters. The maximum absolute atomic E-state index is 9.91. The van der Waals surface area contributed by atoms with E-state index in [1.807, 2.05) is 13.8 Å². The van der Waals surface area contributed by atoms with Crippen LogP contribution in [0.1, 0.15) is 53.4 Å². The van der Waals surface area contributed by atoms with Gasteiger partial charge in [0.05, 0.1) is 5.60 Å².